The minimum Gasteiger partial charge on any atom is -0.488 e. The van der Waals surface area contributed by atoms with Gasteiger partial charge >= 0.3 is 11.9 Å². The quantitative estimate of drug-likeness (QED) is 0.710. The number of hydrogen-bond acceptors (Lipinski definition) is 5. The van der Waals surface area contributed by atoms with Gasteiger partial charge in [-0.3, -0.25) is 0 Å². The first-order valence-electron chi connectivity index (χ1n) is 6.53. The van der Waals surface area contributed by atoms with Crippen LogP contribution in [0.3, 0.4) is 0 Å². The molecular formula is C15H16N2O5. The van der Waals surface area contributed by atoms with Crippen LogP contribution in [0.4, 0.5) is 0 Å². The Morgan fingerprint density at radius 2 is 1.91 bits per heavy atom. The van der Waals surface area contributed by atoms with E-state index in [0.29, 0.717) is 23.5 Å². The maximum Gasteiger partial charge on any atom is 0.328 e. The molecule has 1 aliphatic heterocycles. The van der Waals surface area contributed by atoms with Crippen LogP contribution in [0.1, 0.15) is 12.0 Å². The average Bonchev–Trinajstić information content (AvgIpc) is 2.99. The molecule has 1 aliphatic rings. The van der Waals surface area contributed by atoms with Crippen LogP contribution >= 0.6 is 0 Å². The van der Waals surface area contributed by atoms with Gasteiger partial charge in [-0.05, 0) is 25.1 Å². The molecule has 116 valence electrons. The number of benzene rings is 1. The van der Waals surface area contributed by atoms with E-state index in [4.69, 9.17) is 20.2 Å². The number of nitrogens with zero attached hydrogens (tertiary/aromatic N) is 1. The fourth-order valence-corrected chi connectivity index (χ4v) is 1.71. The van der Waals surface area contributed by atoms with E-state index in [0.717, 1.165) is 19.5 Å². The molecule has 1 atom stereocenters. The molecule has 3 N–H and O–H groups in total. The van der Waals surface area contributed by atoms with Crippen LogP contribution in [0.15, 0.2) is 36.4 Å². The SMILES string of the molecule is N#Cc1ccccc1O[C@@H]1CCNC1.O=C(O)/C=C\C(=O)O. The average molecular weight is 304 g/mol. The van der Waals surface area contributed by atoms with Crippen LogP contribution < -0.4 is 10.1 Å². The first kappa shape index (κ1) is 17.2. The summed E-state index contributed by atoms with van der Waals surface area (Å²) in [5, 5.41) is 27.7. The Bertz CT molecular complexity index is 570. The largest absolute Gasteiger partial charge is 0.488 e. The highest BCUT2D eigenvalue weighted by Gasteiger charge is 2.16. The summed E-state index contributed by atoms with van der Waals surface area (Å²) >= 11 is 0. The van der Waals surface area contributed by atoms with Gasteiger partial charge in [0.1, 0.15) is 17.9 Å². The van der Waals surface area contributed by atoms with Crippen LogP contribution in [0.25, 0.3) is 0 Å². The number of rotatable bonds is 4. The molecule has 0 aromatic heterocycles. The van der Waals surface area contributed by atoms with Crippen molar-refractivity contribution in [2.75, 3.05) is 13.1 Å². The Labute approximate surface area is 127 Å². The lowest BCUT2D eigenvalue weighted by Gasteiger charge is -2.12. The lowest BCUT2D eigenvalue weighted by molar-refractivity contribution is -0.134. The molecule has 1 saturated heterocycles. The summed E-state index contributed by atoms with van der Waals surface area (Å²) in [4.78, 5) is 19.1. The summed E-state index contributed by atoms with van der Waals surface area (Å²) in [6.07, 6.45) is 2.34. The van der Waals surface area contributed by atoms with E-state index in [-0.39, 0.29) is 6.10 Å². The number of carbonyl (C=O) groups is 2. The Balaban J connectivity index is 0.000000261. The van der Waals surface area contributed by atoms with Gasteiger partial charge in [0.2, 0.25) is 0 Å². The van der Waals surface area contributed by atoms with Crippen LogP contribution in [-0.2, 0) is 9.59 Å². The minimum absolute atomic E-state index is 0.212. The number of carboxylic acid groups (broad SMARTS) is 2. The van der Waals surface area contributed by atoms with E-state index in [2.05, 4.69) is 11.4 Å². The van der Waals surface area contributed by atoms with Crippen molar-refractivity contribution in [1.29, 1.82) is 5.26 Å². The van der Waals surface area contributed by atoms with Gasteiger partial charge in [0.25, 0.3) is 0 Å². The Morgan fingerprint density at radius 1 is 1.27 bits per heavy atom. The zero-order chi connectivity index (χ0) is 16.4. The summed E-state index contributed by atoms with van der Waals surface area (Å²) in [6.45, 7) is 1.87. The fraction of sp³-hybridized carbons (Fsp3) is 0.267. The minimum atomic E-state index is -1.26. The van der Waals surface area contributed by atoms with Gasteiger partial charge in [-0.15, -0.1) is 0 Å². The second kappa shape index (κ2) is 9.15. The van der Waals surface area contributed by atoms with Crippen molar-refractivity contribution in [2.45, 2.75) is 12.5 Å². The van der Waals surface area contributed by atoms with Gasteiger partial charge in [0.05, 0.1) is 5.56 Å². The third-order valence-corrected chi connectivity index (χ3v) is 2.68. The maximum absolute atomic E-state index is 9.55. The number of carboxylic acids is 2. The van der Waals surface area contributed by atoms with E-state index >= 15 is 0 Å². The zero-order valence-corrected chi connectivity index (χ0v) is 11.7. The smallest absolute Gasteiger partial charge is 0.328 e. The Kier molecular flexibility index (Phi) is 7.16. The van der Waals surface area contributed by atoms with Crippen molar-refractivity contribution in [1.82, 2.24) is 5.32 Å². The topological polar surface area (TPSA) is 120 Å². The number of hydrogen-bond donors (Lipinski definition) is 3. The lowest BCUT2D eigenvalue weighted by Crippen LogP contribution is -2.19. The molecule has 1 aromatic carbocycles. The van der Waals surface area contributed by atoms with Gasteiger partial charge in [0.15, 0.2) is 0 Å². The monoisotopic (exact) mass is 304 g/mol. The van der Waals surface area contributed by atoms with Crippen molar-refractivity contribution in [3.8, 4) is 11.8 Å². The van der Waals surface area contributed by atoms with Crippen molar-refractivity contribution in [3.05, 3.63) is 42.0 Å². The molecule has 0 unspecified atom stereocenters. The van der Waals surface area contributed by atoms with Crippen LogP contribution in [0, 0.1) is 11.3 Å². The fourth-order valence-electron chi connectivity index (χ4n) is 1.71. The van der Waals surface area contributed by atoms with E-state index in [9.17, 15) is 9.59 Å². The third-order valence-electron chi connectivity index (χ3n) is 2.68. The number of para-hydroxylation sites is 1. The molecule has 7 heteroatoms. The number of nitrogens with one attached hydrogen (secondary N) is 1. The molecule has 1 fully saturated rings. The van der Waals surface area contributed by atoms with Gasteiger partial charge in [-0.25, -0.2) is 9.59 Å². The first-order chi connectivity index (χ1) is 10.5. The van der Waals surface area contributed by atoms with Gasteiger partial charge in [-0.2, -0.15) is 5.26 Å². The van der Waals surface area contributed by atoms with Gasteiger partial charge in [0, 0.05) is 18.7 Å². The Morgan fingerprint density at radius 3 is 2.41 bits per heavy atom. The number of ether oxygens (including phenoxy) is 1. The molecule has 0 radical (unpaired) electrons. The van der Waals surface area contributed by atoms with Crippen LogP contribution in [0.5, 0.6) is 5.75 Å². The second-order valence-corrected chi connectivity index (χ2v) is 4.35. The van der Waals surface area contributed by atoms with Crippen LogP contribution in [-0.4, -0.2) is 41.3 Å². The van der Waals surface area contributed by atoms with Gasteiger partial charge in [-0.1, -0.05) is 12.1 Å². The molecule has 22 heavy (non-hydrogen) atoms. The summed E-state index contributed by atoms with van der Waals surface area (Å²) in [5.41, 5.74) is 0.611. The molecule has 0 amide bonds. The van der Waals surface area contributed by atoms with Gasteiger partial charge < -0.3 is 20.3 Å². The zero-order valence-electron chi connectivity index (χ0n) is 11.7. The molecule has 0 saturated carbocycles. The summed E-state index contributed by atoms with van der Waals surface area (Å²) in [5.74, 6) is -1.82. The summed E-state index contributed by atoms with van der Waals surface area (Å²) in [7, 11) is 0. The first-order valence-corrected chi connectivity index (χ1v) is 6.53. The molecule has 0 aliphatic carbocycles. The Hall–Kier alpha value is -2.85. The van der Waals surface area contributed by atoms with E-state index in [1.54, 1.807) is 6.07 Å². The normalized spacial score (nSPS) is 16.4. The van der Waals surface area contributed by atoms with E-state index in [1.807, 2.05) is 18.2 Å². The lowest BCUT2D eigenvalue weighted by atomic mass is 10.2. The molecule has 2 rings (SSSR count). The van der Waals surface area contributed by atoms with E-state index < -0.39 is 11.9 Å². The molecule has 0 spiro atoms. The predicted molar refractivity (Wildman–Crippen MR) is 77.5 cm³/mol. The molecular weight excluding hydrogens is 288 g/mol. The molecule has 1 aromatic rings. The standard InChI is InChI=1S/C11H12N2O.C4H4O4/c12-7-9-3-1-2-4-11(9)14-10-5-6-13-8-10;5-3(6)1-2-4(7)8/h1-4,10,13H,5-6,8H2;1-2H,(H,5,6)(H,7,8)/b;2-1-/t10-;/m1./s1. The highest BCUT2D eigenvalue weighted by Crippen LogP contribution is 2.19. The van der Waals surface area contributed by atoms with Crippen molar-refractivity contribution in [2.24, 2.45) is 0 Å². The number of aliphatic carboxylic acids is 2. The highest BCUT2D eigenvalue weighted by atomic mass is 16.5. The molecule has 7 nitrogen and oxygen atoms in total. The summed E-state index contributed by atoms with van der Waals surface area (Å²) < 4.78 is 5.71. The van der Waals surface area contributed by atoms with Crippen molar-refractivity contribution < 1.29 is 24.5 Å². The maximum atomic E-state index is 9.55. The van der Waals surface area contributed by atoms with Crippen molar-refractivity contribution in [3.63, 3.8) is 0 Å². The molecule has 1 heterocycles. The highest BCUT2D eigenvalue weighted by molar-refractivity contribution is 5.89. The second-order valence-electron chi connectivity index (χ2n) is 4.35. The number of nitriles is 1. The van der Waals surface area contributed by atoms with Crippen LogP contribution in [0.2, 0.25) is 0 Å². The molecule has 0 bridgehead atoms. The third kappa shape index (κ3) is 6.54. The predicted octanol–water partition coefficient (Wildman–Crippen LogP) is 1.01. The van der Waals surface area contributed by atoms with Crippen molar-refractivity contribution >= 4 is 11.9 Å². The van der Waals surface area contributed by atoms with E-state index in [1.165, 1.54) is 0 Å². The summed E-state index contributed by atoms with van der Waals surface area (Å²) in [6, 6.07) is 9.48.